The molecule has 0 radical (unpaired) electrons. The van der Waals surface area contributed by atoms with Crippen molar-refractivity contribution in [1.82, 2.24) is 9.36 Å². The third-order valence-electron chi connectivity index (χ3n) is 6.31. The van der Waals surface area contributed by atoms with Gasteiger partial charge in [-0.2, -0.15) is 0 Å². The van der Waals surface area contributed by atoms with Crippen molar-refractivity contribution >= 4 is 11.5 Å². The van der Waals surface area contributed by atoms with E-state index >= 15 is 0 Å². The van der Waals surface area contributed by atoms with Crippen molar-refractivity contribution in [2.75, 3.05) is 6.61 Å². The average Bonchev–Trinajstić information content (AvgIpc) is 3.47. The van der Waals surface area contributed by atoms with Gasteiger partial charge in [0, 0.05) is 24.1 Å². The van der Waals surface area contributed by atoms with Gasteiger partial charge in [0.15, 0.2) is 0 Å². The summed E-state index contributed by atoms with van der Waals surface area (Å²) in [6.45, 7) is 5.79. The summed E-state index contributed by atoms with van der Waals surface area (Å²) in [5.41, 5.74) is 3.13. The number of aryl methyl sites for hydroxylation is 1. The molecule has 2 aromatic carbocycles. The predicted molar refractivity (Wildman–Crippen MR) is 144 cm³/mol. The molecule has 2 heterocycles. The molecule has 0 fully saturated rings. The summed E-state index contributed by atoms with van der Waals surface area (Å²) in [5, 5.41) is 9.85. The van der Waals surface area contributed by atoms with E-state index in [0.29, 0.717) is 24.7 Å². The highest BCUT2D eigenvalue weighted by Crippen LogP contribution is 2.41. The molecular formula is C29H30N2O5S. The van der Waals surface area contributed by atoms with E-state index in [-0.39, 0.29) is 11.7 Å². The molecule has 1 aliphatic carbocycles. The molecule has 1 atom stereocenters. The van der Waals surface area contributed by atoms with Gasteiger partial charge < -0.3 is 19.3 Å². The number of aromatic nitrogens is 2. The zero-order chi connectivity index (χ0) is 26.0. The second-order valence-electron chi connectivity index (χ2n) is 9.82. The second kappa shape index (κ2) is 10.4. The summed E-state index contributed by atoms with van der Waals surface area (Å²) >= 11 is 1.33. The maximum atomic E-state index is 11.4. The van der Waals surface area contributed by atoms with Gasteiger partial charge in [-0.3, -0.25) is 9.17 Å². The van der Waals surface area contributed by atoms with Crippen LogP contribution in [0.15, 0.2) is 65.5 Å². The molecule has 5 rings (SSSR count). The van der Waals surface area contributed by atoms with Gasteiger partial charge in [0.1, 0.15) is 23.4 Å². The predicted octanol–water partition coefficient (Wildman–Crippen LogP) is 6.21. The van der Waals surface area contributed by atoms with E-state index in [0.717, 1.165) is 51.6 Å². The van der Waals surface area contributed by atoms with E-state index < -0.39 is 5.60 Å². The number of aromatic amines is 1. The van der Waals surface area contributed by atoms with Gasteiger partial charge in [0.05, 0.1) is 22.8 Å². The summed E-state index contributed by atoms with van der Waals surface area (Å²) in [7, 11) is 0. The van der Waals surface area contributed by atoms with Crippen LogP contribution >= 0.6 is 11.5 Å². The van der Waals surface area contributed by atoms with E-state index in [4.69, 9.17) is 14.2 Å². The van der Waals surface area contributed by atoms with Crippen LogP contribution in [0.1, 0.15) is 49.6 Å². The number of fused-ring (bicyclic) bond motifs is 1. The summed E-state index contributed by atoms with van der Waals surface area (Å²) in [6.07, 6.45) is 2.18. The van der Waals surface area contributed by atoms with Gasteiger partial charge in [0.2, 0.25) is 5.88 Å². The van der Waals surface area contributed by atoms with Crippen molar-refractivity contribution < 1.29 is 19.3 Å². The van der Waals surface area contributed by atoms with E-state index in [1.807, 2.05) is 49.4 Å². The SMILES string of the molecule is Cc1nc(OCCC(C)(C)O)ccc1Oc1cccc2c1CCC2Oc1ccc(-c2cc(=O)[nH]s2)cc1. The number of hydrogen-bond donors (Lipinski definition) is 2. The van der Waals surface area contributed by atoms with Crippen LogP contribution in [0.5, 0.6) is 23.1 Å². The Morgan fingerprint density at radius 1 is 1.11 bits per heavy atom. The minimum atomic E-state index is -0.775. The van der Waals surface area contributed by atoms with Crippen LogP contribution in [0.25, 0.3) is 10.4 Å². The Morgan fingerprint density at radius 2 is 1.92 bits per heavy atom. The minimum absolute atomic E-state index is 0.0570. The van der Waals surface area contributed by atoms with Crippen LogP contribution in [0.2, 0.25) is 0 Å². The highest BCUT2D eigenvalue weighted by molar-refractivity contribution is 7.09. The topological polar surface area (TPSA) is 93.7 Å². The lowest BCUT2D eigenvalue weighted by atomic mass is 10.1. The Kier molecular flexibility index (Phi) is 7.04. The molecule has 37 heavy (non-hydrogen) atoms. The van der Waals surface area contributed by atoms with Crippen LogP contribution < -0.4 is 19.8 Å². The standard InChI is InChI=1S/C29H30N2O5S/c1-18-23(13-14-28(30-18)34-16-15-29(2,3)33)36-24-6-4-5-21-22(24)11-12-25(21)35-20-9-7-19(8-10-20)26-17-27(32)31-37-26/h4-10,13-14,17,25,33H,11-12,15-16H2,1-3H3,(H,31,32). The first kappa shape index (κ1) is 25.0. The van der Waals surface area contributed by atoms with Gasteiger partial charge >= 0.3 is 0 Å². The number of benzene rings is 2. The van der Waals surface area contributed by atoms with Crippen molar-refractivity contribution in [2.24, 2.45) is 0 Å². The lowest BCUT2D eigenvalue weighted by molar-refractivity contribution is 0.0546. The van der Waals surface area contributed by atoms with Crippen molar-refractivity contribution in [1.29, 1.82) is 0 Å². The fraction of sp³-hybridized carbons (Fsp3) is 0.310. The number of rotatable bonds is 9. The number of H-pyrrole nitrogens is 1. The maximum Gasteiger partial charge on any atom is 0.258 e. The first-order valence-corrected chi connectivity index (χ1v) is 13.1. The second-order valence-corrected chi connectivity index (χ2v) is 10.7. The Hall–Kier alpha value is -3.62. The Labute approximate surface area is 219 Å². The normalized spacial score (nSPS) is 14.9. The van der Waals surface area contributed by atoms with Crippen molar-refractivity contribution in [2.45, 2.75) is 51.7 Å². The number of aliphatic hydroxyl groups is 1. The van der Waals surface area contributed by atoms with Crippen molar-refractivity contribution in [3.8, 4) is 33.6 Å². The molecule has 0 saturated heterocycles. The van der Waals surface area contributed by atoms with E-state index in [2.05, 4.69) is 15.4 Å². The summed E-state index contributed by atoms with van der Waals surface area (Å²) < 4.78 is 21.0. The van der Waals surface area contributed by atoms with Crippen LogP contribution in [0, 0.1) is 6.92 Å². The third-order valence-corrected chi connectivity index (χ3v) is 7.19. The first-order valence-electron chi connectivity index (χ1n) is 12.3. The number of nitrogens with one attached hydrogen (secondary N) is 1. The Morgan fingerprint density at radius 3 is 2.62 bits per heavy atom. The summed E-state index contributed by atoms with van der Waals surface area (Å²) in [6, 6.07) is 19.1. The molecule has 0 bridgehead atoms. The maximum absolute atomic E-state index is 11.4. The molecule has 8 heteroatoms. The van der Waals surface area contributed by atoms with Crippen LogP contribution in [-0.2, 0) is 6.42 Å². The van der Waals surface area contributed by atoms with E-state index in [9.17, 15) is 9.90 Å². The molecule has 0 aliphatic heterocycles. The minimum Gasteiger partial charge on any atom is -0.486 e. The number of nitrogens with zero attached hydrogens (tertiary/aromatic N) is 1. The van der Waals surface area contributed by atoms with E-state index in [1.165, 1.54) is 11.5 Å². The summed E-state index contributed by atoms with van der Waals surface area (Å²) in [4.78, 5) is 16.8. The largest absolute Gasteiger partial charge is 0.486 e. The van der Waals surface area contributed by atoms with Gasteiger partial charge in [-0.25, -0.2) is 4.98 Å². The molecule has 0 saturated carbocycles. The molecule has 1 aliphatic rings. The lowest BCUT2D eigenvalue weighted by Crippen LogP contribution is -2.22. The number of ether oxygens (including phenoxy) is 3. The molecule has 0 amide bonds. The monoisotopic (exact) mass is 518 g/mol. The quantitative estimate of drug-likeness (QED) is 0.274. The fourth-order valence-corrected chi connectivity index (χ4v) is 5.02. The van der Waals surface area contributed by atoms with Gasteiger partial charge in [0.25, 0.3) is 5.56 Å². The smallest absolute Gasteiger partial charge is 0.258 e. The highest BCUT2D eigenvalue weighted by atomic mass is 32.1. The van der Waals surface area contributed by atoms with Gasteiger partial charge in [-0.15, -0.1) is 0 Å². The number of hydrogen-bond acceptors (Lipinski definition) is 7. The molecule has 7 nitrogen and oxygen atoms in total. The molecule has 192 valence electrons. The zero-order valence-corrected chi connectivity index (χ0v) is 21.9. The first-order chi connectivity index (χ1) is 17.7. The fourth-order valence-electron chi connectivity index (χ4n) is 4.33. The van der Waals surface area contributed by atoms with Crippen LogP contribution in [-0.4, -0.2) is 26.7 Å². The van der Waals surface area contributed by atoms with Gasteiger partial charge in [-0.05, 0) is 81.1 Å². The van der Waals surface area contributed by atoms with Crippen LogP contribution in [0.4, 0.5) is 0 Å². The molecule has 4 aromatic rings. The average molecular weight is 519 g/mol. The lowest BCUT2D eigenvalue weighted by Gasteiger charge is -2.17. The van der Waals surface area contributed by atoms with E-state index in [1.54, 1.807) is 26.0 Å². The van der Waals surface area contributed by atoms with Crippen molar-refractivity contribution in [3.63, 3.8) is 0 Å². The molecule has 2 N–H and O–H groups in total. The van der Waals surface area contributed by atoms with Crippen molar-refractivity contribution in [3.05, 3.63) is 87.8 Å². The Bertz CT molecular complexity index is 1440. The summed E-state index contributed by atoms with van der Waals surface area (Å²) in [5.74, 6) is 2.78. The number of pyridine rings is 1. The Balaban J connectivity index is 1.26. The molecular weight excluding hydrogens is 488 g/mol. The molecule has 0 spiro atoms. The highest BCUT2D eigenvalue weighted by Gasteiger charge is 2.27. The van der Waals surface area contributed by atoms with Crippen LogP contribution in [0.3, 0.4) is 0 Å². The van der Waals surface area contributed by atoms with Gasteiger partial charge in [-0.1, -0.05) is 23.7 Å². The third kappa shape index (κ3) is 6.03. The zero-order valence-electron chi connectivity index (χ0n) is 21.1. The molecule has 1 unspecified atom stereocenters. The molecule has 2 aromatic heterocycles.